The molecule has 4 aromatic rings. The summed E-state index contributed by atoms with van der Waals surface area (Å²) in [5.74, 6) is -1.24. The molecule has 231 valence electrons. The molecule has 20 heteroatoms. The molecule has 0 saturated carbocycles. The molecule has 4 rings (SSSR count). The Kier molecular flexibility index (Phi) is 9.30. The van der Waals surface area contributed by atoms with Crippen LogP contribution in [0.4, 0.5) is 28.4 Å². The molecule has 0 aromatic heterocycles. The zero-order chi connectivity index (χ0) is 31.2. The van der Waals surface area contributed by atoms with E-state index in [0.29, 0.717) is 12.1 Å². The topological polar surface area (TPSA) is 279 Å². The third kappa shape index (κ3) is 7.32. The average Bonchev–Trinajstić information content (AvgIpc) is 2.86. The second-order valence-corrected chi connectivity index (χ2v) is 12.8. The molecule has 0 amide bonds. The van der Waals surface area contributed by atoms with Crippen molar-refractivity contribution < 1.29 is 66.2 Å². The molecule has 0 aliphatic carbocycles. The minimum absolute atomic E-state index is 0. The zero-order valence-corrected chi connectivity index (χ0v) is 24.7. The molecule has 1 radical (unpaired) electrons. The summed E-state index contributed by atoms with van der Waals surface area (Å²) in [6.45, 7) is 1.45. The molecule has 0 saturated heterocycles. The molecule has 43 heavy (non-hydrogen) atoms. The van der Waals surface area contributed by atoms with Crippen LogP contribution in [0.1, 0.15) is 5.56 Å². The second kappa shape index (κ2) is 11.9. The van der Waals surface area contributed by atoms with Gasteiger partial charge in [0.2, 0.25) is 0 Å². The number of aromatic hydroxyl groups is 2. The predicted molar refractivity (Wildman–Crippen MR) is 147 cm³/mol. The molecule has 7 N–H and O–H groups in total. The standard InChI is InChI=1S/C23H19N5O11S3.Cu/c1-11-6-17(26-28-22-21(42(37,38)39)8-12-7-13(24)2-4-15(12)23(22)30)19(29)10-16(11)25-27-18-9-14(40(31,32)33)3-5-20(18)41(34,35)36;/h2-10,29-30H,24H2,1H3,(H,31,32,33)(H,34,35,36)(H,37,38,39);. The van der Waals surface area contributed by atoms with Crippen molar-refractivity contribution in [3.8, 4) is 11.5 Å². The van der Waals surface area contributed by atoms with Crippen LogP contribution in [0, 0.1) is 6.92 Å². The molecule has 16 nitrogen and oxygen atoms in total. The Morgan fingerprint density at radius 1 is 0.651 bits per heavy atom. The molecule has 0 aliphatic rings. The van der Waals surface area contributed by atoms with E-state index in [1.165, 1.54) is 31.2 Å². The van der Waals surface area contributed by atoms with Crippen molar-refractivity contribution in [2.45, 2.75) is 21.6 Å². The van der Waals surface area contributed by atoms with Crippen molar-refractivity contribution in [1.82, 2.24) is 0 Å². The fraction of sp³-hybridized carbons (Fsp3) is 0.0435. The Hall–Kier alpha value is -4.01. The summed E-state index contributed by atoms with van der Waals surface area (Å²) in [6, 6.07) is 9.51. The third-order valence-corrected chi connectivity index (χ3v) is 8.29. The van der Waals surface area contributed by atoms with Gasteiger partial charge in [0, 0.05) is 34.2 Å². The Morgan fingerprint density at radius 2 is 1.26 bits per heavy atom. The summed E-state index contributed by atoms with van der Waals surface area (Å²) in [5, 5.41) is 36.4. The fourth-order valence-corrected chi connectivity index (χ4v) is 5.45. The van der Waals surface area contributed by atoms with Crippen molar-refractivity contribution in [2.75, 3.05) is 5.73 Å². The van der Waals surface area contributed by atoms with Crippen LogP contribution >= 0.6 is 0 Å². The van der Waals surface area contributed by atoms with Gasteiger partial charge < -0.3 is 15.9 Å². The number of benzene rings is 4. The molecular formula is C23H19CuN5O11S3. The summed E-state index contributed by atoms with van der Waals surface area (Å²) < 4.78 is 98.6. The van der Waals surface area contributed by atoms with Crippen molar-refractivity contribution in [3.63, 3.8) is 0 Å². The normalized spacial score (nSPS) is 12.7. The van der Waals surface area contributed by atoms with Gasteiger partial charge in [0.1, 0.15) is 32.6 Å². The van der Waals surface area contributed by atoms with Gasteiger partial charge >= 0.3 is 0 Å². The van der Waals surface area contributed by atoms with Crippen molar-refractivity contribution >= 4 is 69.6 Å². The van der Waals surface area contributed by atoms with Gasteiger partial charge in [0.25, 0.3) is 30.4 Å². The van der Waals surface area contributed by atoms with Gasteiger partial charge in [-0.3, -0.25) is 13.7 Å². The Morgan fingerprint density at radius 3 is 1.86 bits per heavy atom. The maximum Gasteiger partial charge on any atom is 0.296 e. The van der Waals surface area contributed by atoms with Crippen molar-refractivity contribution in [2.24, 2.45) is 20.5 Å². The fourth-order valence-electron chi connectivity index (χ4n) is 3.69. The number of anilines is 1. The number of aryl methyl sites for hydroxylation is 1. The minimum atomic E-state index is -4.91. The number of nitrogen functional groups attached to an aromatic ring is 1. The summed E-state index contributed by atoms with van der Waals surface area (Å²) in [6.07, 6.45) is 0. The van der Waals surface area contributed by atoms with E-state index in [1.807, 2.05) is 0 Å². The number of nitrogens with two attached hydrogens (primary N) is 1. The molecule has 0 spiro atoms. The summed E-state index contributed by atoms with van der Waals surface area (Å²) >= 11 is 0. The van der Waals surface area contributed by atoms with E-state index in [1.54, 1.807) is 0 Å². The summed E-state index contributed by atoms with van der Waals surface area (Å²) in [7, 11) is -14.6. The van der Waals surface area contributed by atoms with Gasteiger partial charge in [-0.2, -0.15) is 30.4 Å². The molecule has 0 aliphatic heterocycles. The van der Waals surface area contributed by atoms with E-state index in [-0.39, 0.29) is 50.5 Å². The smallest absolute Gasteiger partial charge is 0.296 e. The van der Waals surface area contributed by atoms with Crippen LogP contribution < -0.4 is 5.73 Å². The third-order valence-electron chi connectivity index (χ3n) is 5.68. The van der Waals surface area contributed by atoms with Crippen LogP contribution in [0.15, 0.2) is 89.7 Å². The minimum Gasteiger partial charge on any atom is -0.506 e. The molecular weight excluding hydrogens is 682 g/mol. The molecule has 0 atom stereocenters. The Balaban J connectivity index is 0.00000506. The van der Waals surface area contributed by atoms with Gasteiger partial charge in [0.15, 0.2) is 5.75 Å². The summed E-state index contributed by atoms with van der Waals surface area (Å²) in [5.41, 5.74) is 4.57. The number of azo groups is 2. The van der Waals surface area contributed by atoms with Crippen LogP contribution in [0.25, 0.3) is 10.8 Å². The van der Waals surface area contributed by atoms with Crippen LogP contribution in [0.3, 0.4) is 0 Å². The number of phenols is 2. The molecule has 0 fully saturated rings. The number of fused-ring (bicyclic) bond motifs is 1. The quantitative estimate of drug-likeness (QED) is 0.0661. The van der Waals surface area contributed by atoms with E-state index >= 15 is 0 Å². The number of rotatable bonds is 7. The Bertz CT molecular complexity index is 2170. The van der Waals surface area contributed by atoms with E-state index < -0.39 is 67.9 Å². The largest absolute Gasteiger partial charge is 0.506 e. The van der Waals surface area contributed by atoms with E-state index in [9.17, 15) is 49.1 Å². The molecule has 0 bridgehead atoms. The maximum absolute atomic E-state index is 12.0. The number of hydrogen-bond donors (Lipinski definition) is 6. The molecule has 4 aromatic carbocycles. The first-order chi connectivity index (χ1) is 19.4. The van der Waals surface area contributed by atoms with E-state index in [0.717, 1.165) is 18.2 Å². The molecule has 0 heterocycles. The first kappa shape index (κ1) is 33.5. The first-order valence-electron chi connectivity index (χ1n) is 11.1. The number of hydrogen-bond acceptors (Lipinski definition) is 13. The number of phenolic OH excluding ortho intramolecular Hbond substituents is 2. The maximum atomic E-state index is 12.0. The zero-order valence-electron chi connectivity index (χ0n) is 21.3. The average molecular weight is 701 g/mol. The number of nitrogens with zero attached hydrogens (tertiary/aromatic N) is 4. The van der Waals surface area contributed by atoms with Gasteiger partial charge in [-0.15, -0.1) is 15.3 Å². The monoisotopic (exact) mass is 700 g/mol. The van der Waals surface area contributed by atoms with E-state index in [2.05, 4.69) is 20.5 Å². The van der Waals surface area contributed by atoms with Gasteiger partial charge in [-0.1, -0.05) is 0 Å². The SMILES string of the molecule is Cc1cc(N=Nc2c(S(=O)(=O)O)cc3cc(N)ccc3c2O)c(O)cc1N=Nc1cc(S(=O)(=O)O)ccc1S(=O)(=O)O.[Cu]. The van der Waals surface area contributed by atoms with Gasteiger partial charge in [-0.25, -0.2) is 0 Å². The van der Waals surface area contributed by atoms with Crippen molar-refractivity contribution in [1.29, 1.82) is 0 Å². The first-order valence-corrected chi connectivity index (χ1v) is 15.5. The van der Waals surface area contributed by atoms with Gasteiger partial charge in [-0.05, 0) is 66.4 Å². The Labute approximate surface area is 254 Å². The van der Waals surface area contributed by atoms with Crippen LogP contribution in [-0.2, 0) is 47.4 Å². The van der Waals surface area contributed by atoms with Crippen LogP contribution in [0.5, 0.6) is 11.5 Å². The van der Waals surface area contributed by atoms with Crippen molar-refractivity contribution in [3.05, 3.63) is 60.2 Å². The van der Waals surface area contributed by atoms with Gasteiger partial charge in [0.05, 0.1) is 10.6 Å². The van der Waals surface area contributed by atoms with E-state index in [4.69, 9.17) is 5.73 Å². The second-order valence-electron chi connectivity index (χ2n) is 8.63. The van der Waals surface area contributed by atoms with Crippen LogP contribution in [-0.4, -0.2) is 49.1 Å². The molecule has 0 unspecified atom stereocenters. The van der Waals surface area contributed by atoms with Crippen LogP contribution in [0.2, 0.25) is 0 Å². The predicted octanol–water partition coefficient (Wildman–Crippen LogP) is 4.71. The summed E-state index contributed by atoms with van der Waals surface area (Å²) in [4.78, 5) is -2.34.